The highest BCUT2D eigenvalue weighted by Gasteiger charge is 2.31. The largest absolute Gasteiger partial charge is 0.368 e. The van der Waals surface area contributed by atoms with E-state index in [9.17, 15) is 23.3 Å². The number of sulfonamides is 1. The molecule has 1 atom stereocenters. The normalized spacial score (nSPS) is 15.3. The monoisotopic (exact) mass is 492 g/mol. The molecule has 1 unspecified atom stereocenters. The number of hydrogen-bond acceptors (Lipinski definition) is 7. The number of anilines is 1. The van der Waals surface area contributed by atoms with Gasteiger partial charge < -0.3 is 9.80 Å². The van der Waals surface area contributed by atoms with Crippen molar-refractivity contribution in [2.24, 2.45) is 0 Å². The van der Waals surface area contributed by atoms with Crippen LogP contribution in [0.15, 0.2) is 53.4 Å². The predicted octanol–water partition coefficient (Wildman–Crippen LogP) is 2.65. The zero-order valence-electron chi connectivity index (χ0n) is 18.6. The van der Waals surface area contributed by atoms with Crippen molar-refractivity contribution < 1.29 is 18.1 Å². The van der Waals surface area contributed by atoms with Crippen LogP contribution in [0.3, 0.4) is 0 Å². The highest BCUT2D eigenvalue weighted by Crippen LogP contribution is 2.23. The Kier molecular flexibility index (Phi) is 8.33. The number of nitro benzene ring substituents is 1. The summed E-state index contributed by atoms with van der Waals surface area (Å²) in [5, 5.41) is 11.0. The number of aryl methyl sites for hydroxylation is 1. The molecule has 178 valence electrons. The highest BCUT2D eigenvalue weighted by molar-refractivity contribution is 7.98. The van der Waals surface area contributed by atoms with Crippen LogP contribution in [-0.2, 0) is 14.8 Å². The molecule has 1 fully saturated rings. The Morgan fingerprint density at radius 1 is 1.15 bits per heavy atom. The zero-order valence-corrected chi connectivity index (χ0v) is 20.3. The third kappa shape index (κ3) is 6.46. The Bertz CT molecular complexity index is 1080. The van der Waals surface area contributed by atoms with Crippen LogP contribution < -0.4 is 9.62 Å². The van der Waals surface area contributed by atoms with E-state index in [1.807, 2.05) is 24.1 Å². The van der Waals surface area contributed by atoms with Crippen LogP contribution in [0, 0.1) is 17.0 Å². The summed E-state index contributed by atoms with van der Waals surface area (Å²) in [5.74, 6) is 0.388. The summed E-state index contributed by atoms with van der Waals surface area (Å²) in [7, 11) is -3.84. The molecule has 0 bridgehead atoms. The summed E-state index contributed by atoms with van der Waals surface area (Å²) in [6, 6.07) is 12.1. The lowest BCUT2D eigenvalue weighted by Crippen LogP contribution is -2.55. The van der Waals surface area contributed by atoms with E-state index >= 15 is 0 Å². The number of rotatable bonds is 9. The number of carbonyl (C=O) groups excluding carboxylic acids is 1. The van der Waals surface area contributed by atoms with E-state index in [1.165, 1.54) is 24.3 Å². The van der Waals surface area contributed by atoms with Crippen molar-refractivity contribution in [2.45, 2.75) is 24.3 Å². The Morgan fingerprint density at radius 3 is 2.42 bits per heavy atom. The van der Waals surface area contributed by atoms with Gasteiger partial charge in [-0.2, -0.15) is 16.5 Å². The Morgan fingerprint density at radius 2 is 1.82 bits per heavy atom. The van der Waals surface area contributed by atoms with E-state index in [0.717, 1.165) is 11.3 Å². The van der Waals surface area contributed by atoms with Gasteiger partial charge in [-0.25, -0.2) is 8.42 Å². The molecule has 0 saturated carbocycles. The van der Waals surface area contributed by atoms with Crippen molar-refractivity contribution in [2.75, 3.05) is 43.1 Å². The van der Waals surface area contributed by atoms with E-state index < -0.39 is 21.0 Å². The number of thioether (sulfide) groups is 1. The maximum Gasteiger partial charge on any atom is 0.271 e. The lowest BCUT2D eigenvalue weighted by molar-refractivity contribution is -0.384. The lowest BCUT2D eigenvalue weighted by atomic mass is 10.1. The van der Waals surface area contributed by atoms with Crippen LogP contribution in [-0.4, -0.2) is 68.4 Å². The number of nitrogens with one attached hydrogen (secondary N) is 1. The summed E-state index contributed by atoms with van der Waals surface area (Å²) in [4.78, 5) is 27.6. The number of carbonyl (C=O) groups is 1. The van der Waals surface area contributed by atoms with Crippen molar-refractivity contribution in [3.05, 3.63) is 64.2 Å². The predicted molar refractivity (Wildman–Crippen MR) is 130 cm³/mol. The summed E-state index contributed by atoms with van der Waals surface area (Å²) in [6.07, 6.45) is 2.30. The molecule has 2 aromatic carbocycles. The number of nitrogens with zero attached hydrogens (tertiary/aromatic N) is 3. The molecular formula is C22H28N4O5S2. The first-order chi connectivity index (χ1) is 15.7. The zero-order chi connectivity index (χ0) is 24.0. The molecule has 1 heterocycles. The molecule has 2 aromatic rings. The van der Waals surface area contributed by atoms with Gasteiger partial charge in [0.1, 0.15) is 6.04 Å². The molecule has 1 aliphatic rings. The van der Waals surface area contributed by atoms with Crippen LogP contribution in [0.5, 0.6) is 0 Å². The number of benzene rings is 2. The molecule has 1 saturated heterocycles. The maximum absolute atomic E-state index is 13.2. The maximum atomic E-state index is 13.2. The van der Waals surface area contributed by atoms with E-state index in [-0.39, 0.29) is 16.5 Å². The third-order valence-electron chi connectivity index (χ3n) is 5.53. The quantitative estimate of drug-likeness (QED) is 0.423. The van der Waals surface area contributed by atoms with Crippen LogP contribution in [0.4, 0.5) is 11.4 Å². The molecule has 0 aromatic heterocycles. The standard InChI is InChI=1S/C22H28N4O5S2/c1-17-6-8-20(9-7-17)33(30,31)23-21(10-15-32-2)22(27)25-13-11-24(12-14-25)18-4-3-5-19(16-18)26(28)29/h3-9,16,21,23H,10-15H2,1-2H3. The summed E-state index contributed by atoms with van der Waals surface area (Å²) in [5.41, 5.74) is 1.70. The average molecular weight is 493 g/mol. The van der Waals surface area contributed by atoms with Gasteiger partial charge in [-0.1, -0.05) is 23.8 Å². The molecule has 3 rings (SSSR count). The third-order valence-corrected chi connectivity index (χ3v) is 7.67. The molecule has 0 radical (unpaired) electrons. The number of nitro groups is 1. The molecule has 0 spiro atoms. The minimum Gasteiger partial charge on any atom is -0.368 e. The minimum atomic E-state index is -3.84. The Balaban J connectivity index is 1.68. The summed E-state index contributed by atoms with van der Waals surface area (Å²) >= 11 is 1.55. The first kappa shape index (κ1) is 25.0. The van der Waals surface area contributed by atoms with Crippen LogP contribution in [0.2, 0.25) is 0 Å². The summed E-state index contributed by atoms with van der Waals surface area (Å²) in [6.45, 7) is 3.70. The summed E-state index contributed by atoms with van der Waals surface area (Å²) < 4.78 is 28.4. The van der Waals surface area contributed by atoms with Gasteiger partial charge >= 0.3 is 0 Å². The molecule has 1 amide bonds. The Hall–Kier alpha value is -2.63. The van der Waals surface area contributed by atoms with E-state index in [0.29, 0.717) is 38.4 Å². The van der Waals surface area contributed by atoms with Gasteiger partial charge in [-0.3, -0.25) is 14.9 Å². The SMILES string of the molecule is CSCCC(NS(=O)(=O)c1ccc(C)cc1)C(=O)N1CCN(c2cccc([N+](=O)[O-])c2)CC1. The molecule has 33 heavy (non-hydrogen) atoms. The molecule has 1 N–H and O–H groups in total. The van der Waals surface area contributed by atoms with Gasteiger partial charge in [0.15, 0.2) is 0 Å². The van der Waals surface area contributed by atoms with Gasteiger partial charge in [-0.05, 0) is 43.6 Å². The fourth-order valence-electron chi connectivity index (χ4n) is 3.65. The molecule has 9 nitrogen and oxygen atoms in total. The van der Waals surface area contributed by atoms with Gasteiger partial charge in [0.2, 0.25) is 15.9 Å². The molecular weight excluding hydrogens is 464 g/mol. The fraction of sp³-hybridized carbons (Fsp3) is 0.409. The van der Waals surface area contributed by atoms with E-state index in [4.69, 9.17) is 0 Å². The second-order valence-corrected chi connectivity index (χ2v) is 10.6. The van der Waals surface area contributed by atoms with Gasteiger partial charge in [0.05, 0.1) is 9.82 Å². The van der Waals surface area contributed by atoms with E-state index in [1.54, 1.807) is 34.9 Å². The molecule has 11 heteroatoms. The van der Waals surface area contributed by atoms with Crippen molar-refractivity contribution in [1.82, 2.24) is 9.62 Å². The minimum absolute atomic E-state index is 0.0219. The van der Waals surface area contributed by atoms with Crippen LogP contribution in [0.1, 0.15) is 12.0 Å². The molecule has 1 aliphatic heterocycles. The van der Waals surface area contributed by atoms with Crippen molar-refractivity contribution in [3.8, 4) is 0 Å². The smallest absolute Gasteiger partial charge is 0.271 e. The topological polar surface area (TPSA) is 113 Å². The average Bonchev–Trinajstić information content (AvgIpc) is 2.81. The second-order valence-electron chi connectivity index (χ2n) is 7.86. The van der Waals surface area contributed by atoms with Crippen LogP contribution in [0.25, 0.3) is 0 Å². The second kappa shape index (κ2) is 11.0. The van der Waals surface area contributed by atoms with Gasteiger partial charge in [-0.15, -0.1) is 0 Å². The van der Waals surface area contributed by atoms with Crippen LogP contribution >= 0.6 is 11.8 Å². The highest BCUT2D eigenvalue weighted by atomic mass is 32.2. The van der Waals surface area contributed by atoms with Crippen molar-refractivity contribution in [1.29, 1.82) is 0 Å². The number of amides is 1. The van der Waals surface area contributed by atoms with Gasteiger partial charge in [0.25, 0.3) is 5.69 Å². The number of piperazine rings is 1. The Labute approximate surface area is 198 Å². The van der Waals surface area contributed by atoms with Crippen molar-refractivity contribution in [3.63, 3.8) is 0 Å². The fourth-order valence-corrected chi connectivity index (χ4v) is 5.35. The first-order valence-electron chi connectivity index (χ1n) is 10.6. The lowest BCUT2D eigenvalue weighted by Gasteiger charge is -2.37. The number of non-ortho nitro benzene ring substituents is 1. The van der Waals surface area contributed by atoms with E-state index in [2.05, 4.69) is 4.72 Å². The van der Waals surface area contributed by atoms with Gasteiger partial charge in [0, 0.05) is 44.0 Å². The van der Waals surface area contributed by atoms with Crippen molar-refractivity contribution >= 4 is 39.1 Å². The first-order valence-corrected chi connectivity index (χ1v) is 13.4. The number of hydrogen-bond donors (Lipinski definition) is 1. The molecule has 0 aliphatic carbocycles.